The highest BCUT2D eigenvalue weighted by atomic mass is 79.9. The van der Waals surface area contributed by atoms with Gasteiger partial charge in [-0.1, -0.05) is 69.2 Å². The number of aliphatic hydroxyl groups excluding tert-OH is 1. The molecule has 1 atom stereocenters. The van der Waals surface area contributed by atoms with E-state index in [0.29, 0.717) is 16.5 Å². The molecule has 0 bridgehead atoms. The molecule has 0 unspecified atom stereocenters. The Labute approximate surface area is 237 Å². The Hall–Kier alpha value is -3.20. The van der Waals surface area contributed by atoms with Crippen LogP contribution in [0.15, 0.2) is 93.3 Å². The molecule has 0 fully saturated rings. The Morgan fingerprint density at radius 1 is 0.949 bits per heavy atom. The Bertz CT molecular complexity index is 1800. The summed E-state index contributed by atoms with van der Waals surface area (Å²) >= 11 is 3.52. The van der Waals surface area contributed by atoms with Crippen LogP contribution in [0.2, 0.25) is 0 Å². The molecule has 0 spiro atoms. The minimum absolute atomic E-state index is 0.0623. The number of halogens is 1. The number of nitrogens with one attached hydrogen (secondary N) is 1. The summed E-state index contributed by atoms with van der Waals surface area (Å²) in [6.07, 6.45) is 4.78. The summed E-state index contributed by atoms with van der Waals surface area (Å²) in [5.41, 5.74) is 3.04. The third-order valence-corrected chi connectivity index (χ3v) is 9.85. The first-order valence-electron chi connectivity index (χ1n) is 12.0. The van der Waals surface area contributed by atoms with Crippen molar-refractivity contribution in [3.05, 3.63) is 100 Å². The maximum absolute atomic E-state index is 13.4. The third kappa shape index (κ3) is 6.52. The normalized spacial score (nSPS) is 12.9. The number of aryl methyl sites for hydroxylation is 2. The Kier molecular flexibility index (Phi) is 8.79. The van der Waals surface area contributed by atoms with Crippen molar-refractivity contribution in [2.24, 2.45) is 5.92 Å². The molecule has 0 saturated carbocycles. The number of benzene rings is 3. The van der Waals surface area contributed by atoms with E-state index >= 15 is 0 Å². The van der Waals surface area contributed by atoms with E-state index in [1.807, 2.05) is 19.9 Å². The van der Waals surface area contributed by atoms with Gasteiger partial charge in [-0.25, -0.2) is 25.5 Å². The fourth-order valence-corrected chi connectivity index (χ4v) is 6.90. The van der Waals surface area contributed by atoms with E-state index in [4.69, 9.17) is 0 Å². The Balaban J connectivity index is 1.57. The van der Waals surface area contributed by atoms with Gasteiger partial charge in [0.2, 0.25) is 10.0 Å². The van der Waals surface area contributed by atoms with Crippen molar-refractivity contribution in [2.45, 2.75) is 23.6 Å². The monoisotopic (exact) mass is 626 g/mol. The molecular weight excluding hydrogens is 600 g/mol. The fraction of sp³-hybridized carbons (Fsp3) is 0.172. The van der Waals surface area contributed by atoms with Gasteiger partial charge in [-0.3, -0.25) is 0 Å². The van der Waals surface area contributed by atoms with Crippen LogP contribution in [-0.4, -0.2) is 39.1 Å². The molecule has 10 heteroatoms. The first-order chi connectivity index (χ1) is 18.5. The average molecular weight is 628 g/mol. The van der Waals surface area contributed by atoms with Crippen LogP contribution in [0.4, 0.5) is 0 Å². The molecule has 0 amide bonds. The third-order valence-electron chi connectivity index (χ3n) is 6.06. The van der Waals surface area contributed by atoms with E-state index < -0.39 is 26.0 Å². The largest absolute Gasteiger partial charge is 0.395 e. The van der Waals surface area contributed by atoms with Gasteiger partial charge in [0.25, 0.3) is 10.0 Å². The van der Waals surface area contributed by atoms with E-state index in [0.717, 1.165) is 15.6 Å². The predicted molar refractivity (Wildman–Crippen MR) is 157 cm³/mol. The second kappa shape index (κ2) is 11.9. The minimum atomic E-state index is -3.85. The maximum Gasteiger partial charge on any atom is 0.268 e. The van der Waals surface area contributed by atoms with Crippen LogP contribution in [0.3, 0.4) is 0 Å². The predicted octanol–water partition coefficient (Wildman–Crippen LogP) is 4.86. The quantitative estimate of drug-likeness (QED) is 0.272. The molecule has 4 rings (SSSR count). The first-order valence-corrected chi connectivity index (χ1v) is 15.7. The molecule has 0 saturated heterocycles. The smallest absolute Gasteiger partial charge is 0.268 e. The molecule has 0 aliphatic carbocycles. The second-order valence-corrected chi connectivity index (χ2v) is 13.4. The summed E-state index contributed by atoms with van der Waals surface area (Å²) in [6, 6.07) is 18.5. The van der Waals surface area contributed by atoms with E-state index in [1.54, 1.807) is 66.9 Å². The summed E-state index contributed by atoms with van der Waals surface area (Å²) in [7, 11) is -7.58. The molecule has 2 N–H and O–H groups in total. The fourth-order valence-electron chi connectivity index (χ4n) is 3.86. The van der Waals surface area contributed by atoms with Crippen LogP contribution in [-0.2, 0) is 20.0 Å². The number of hydrogen-bond acceptors (Lipinski definition) is 5. The first kappa shape index (κ1) is 28.8. The van der Waals surface area contributed by atoms with Gasteiger partial charge in [-0.2, -0.15) is 0 Å². The lowest BCUT2D eigenvalue weighted by atomic mass is 10.1. The molecule has 1 aromatic heterocycles. The van der Waals surface area contributed by atoms with Gasteiger partial charge in [0.05, 0.1) is 27.8 Å². The number of aromatic nitrogens is 1. The minimum Gasteiger partial charge on any atom is -0.395 e. The molecule has 3 aromatic carbocycles. The van der Waals surface area contributed by atoms with Crippen molar-refractivity contribution in [1.82, 2.24) is 8.69 Å². The SMILES string of the molecule is Cc1ccc(S(=O)(=O)NC[C@H](C#C/C=C\c2cn(S(=O)(=O)c3ccc(C)cc3)c3cccc(Br)c23)CO)cc1. The van der Waals surface area contributed by atoms with E-state index in [1.165, 1.54) is 16.1 Å². The highest BCUT2D eigenvalue weighted by Gasteiger charge is 2.21. The van der Waals surface area contributed by atoms with Gasteiger partial charge >= 0.3 is 0 Å². The Morgan fingerprint density at radius 3 is 2.18 bits per heavy atom. The topological polar surface area (TPSA) is 105 Å². The molecule has 0 aliphatic heterocycles. The molecular formula is C29H27BrN2O5S2. The summed E-state index contributed by atoms with van der Waals surface area (Å²) in [5, 5.41) is 10.4. The van der Waals surface area contributed by atoms with Gasteiger partial charge in [0.1, 0.15) is 0 Å². The zero-order chi connectivity index (χ0) is 28.2. The number of sulfonamides is 1. The lowest BCUT2D eigenvalue weighted by molar-refractivity contribution is 0.258. The van der Waals surface area contributed by atoms with Crippen LogP contribution in [0.5, 0.6) is 0 Å². The van der Waals surface area contributed by atoms with E-state index in [-0.39, 0.29) is 22.9 Å². The van der Waals surface area contributed by atoms with Gasteiger partial charge < -0.3 is 5.11 Å². The van der Waals surface area contributed by atoms with Crippen LogP contribution < -0.4 is 4.72 Å². The summed E-state index contributed by atoms with van der Waals surface area (Å²) in [5.74, 6) is 5.06. The summed E-state index contributed by atoms with van der Waals surface area (Å²) in [4.78, 5) is 0.319. The number of hydrogen-bond donors (Lipinski definition) is 2. The molecule has 39 heavy (non-hydrogen) atoms. The number of allylic oxidation sites excluding steroid dienone is 1. The van der Waals surface area contributed by atoms with Crippen molar-refractivity contribution < 1.29 is 21.9 Å². The molecule has 202 valence electrons. The zero-order valence-corrected chi connectivity index (χ0v) is 24.5. The van der Waals surface area contributed by atoms with Crippen molar-refractivity contribution in [1.29, 1.82) is 0 Å². The maximum atomic E-state index is 13.4. The Morgan fingerprint density at radius 2 is 1.56 bits per heavy atom. The molecule has 0 aliphatic rings. The number of nitrogens with zero attached hydrogens (tertiary/aromatic N) is 1. The highest BCUT2D eigenvalue weighted by molar-refractivity contribution is 9.10. The van der Waals surface area contributed by atoms with Crippen molar-refractivity contribution >= 4 is 53.0 Å². The molecule has 4 aromatic rings. The van der Waals surface area contributed by atoms with Gasteiger partial charge in [0.15, 0.2) is 0 Å². The van der Waals surface area contributed by atoms with Crippen LogP contribution in [0.25, 0.3) is 17.0 Å². The van der Waals surface area contributed by atoms with Crippen molar-refractivity contribution in [2.75, 3.05) is 13.2 Å². The molecule has 0 radical (unpaired) electrons. The zero-order valence-electron chi connectivity index (χ0n) is 21.3. The molecule has 7 nitrogen and oxygen atoms in total. The average Bonchev–Trinajstić information content (AvgIpc) is 3.29. The summed E-state index contributed by atoms with van der Waals surface area (Å²) in [6.45, 7) is 3.36. The number of fused-ring (bicyclic) bond motifs is 1. The molecule has 1 heterocycles. The van der Waals surface area contributed by atoms with Crippen LogP contribution in [0, 0.1) is 31.6 Å². The highest BCUT2D eigenvalue weighted by Crippen LogP contribution is 2.32. The van der Waals surface area contributed by atoms with Crippen molar-refractivity contribution in [3.63, 3.8) is 0 Å². The van der Waals surface area contributed by atoms with E-state index in [2.05, 4.69) is 32.5 Å². The van der Waals surface area contributed by atoms with Gasteiger partial charge in [-0.05, 0) is 62.4 Å². The lowest BCUT2D eigenvalue weighted by Crippen LogP contribution is -2.30. The van der Waals surface area contributed by atoms with Crippen LogP contribution >= 0.6 is 15.9 Å². The number of aliphatic hydroxyl groups is 1. The van der Waals surface area contributed by atoms with E-state index in [9.17, 15) is 21.9 Å². The van der Waals surface area contributed by atoms with Gasteiger partial charge in [0, 0.05) is 28.2 Å². The van der Waals surface area contributed by atoms with Crippen molar-refractivity contribution in [3.8, 4) is 11.8 Å². The number of rotatable bonds is 8. The summed E-state index contributed by atoms with van der Waals surface area (Å²) < 4.78 is 56.4. The standard InChI is InChI=1S/C29H27BrN2O5S2/c1-21-10-14-25(15-11-21)38(34,35)31-18-23(20-33)6-3-4-7-24-19-32(28-9-5-8-27(30)29(24)28)39(36,37)26-16-12-22(2)13-17-26/h4-5,7-17,19,23,31,33H,18,20H2,1-2H3/b7-4-/t23-/m0/s1. The van der Waals surface area contributed by atoms with Crippen LogP contribution in [0.1, 0.15) is 16.7 Å². The lowest BCUT2D eigenvalue weighted by Gasteiger charge is -2.10. The second-order valence-electron chi connectivity index (χ2n) is 9.00. The van der Waals surface area contributed by atoms with Gasteiger partial charge in [-0.15, -0.1) is 0 Å².